The van der Waals surface area contributed by atoms with Crippen molar-refractivity contribution in [3.8, 4) is 0 Å². The number of hydrogen-bond acceptors (Lipinski definition) is 5. The van der Waals surface area contributed by atoms with E-state index in [1.807, 2.05) is 13.8 Å². The zero-order valence-electron chi connectivity index (χ0n) is 11.0. The van der Waals surface area contributed by atoms with Crippen LogP contribution in [0.1, 0.15) is 31.5 Å². The van der Waals surface area contributed by atoms with Crippen molar-refractivity contribution >= 4 is 21.6 Å². The van der Waals surface area contributed by atoms with Gasteiger partial charge in [-0.2, -0.15) is 0 Å². The lowest BCUT2D eigenvalue weighted by Gasteiger charge is -2.04. The molecule has 1 aromatic heterocycles. The summed E-state index contributed by atoms with van der Waals surface area (Å²) < 4.78 is 31.7. The van der Waals surface area contributed by atoms with Crippen LogP contribution in [0.25, 0.3) is 0 Å². The Labute approximate surface area is 122 Å². The summed E-state index contributed by atoms with van der Waals surface area (Å²) in [6.07, 6.45) is 0. The highest BCUT2D eigenvalue weighted by atomic mass is 35.5. The minimum atomic E-state index is -3.62. The van der Waals surface area contributed by atoms with Crippen LogP contribution in [0.4, 0.5) is 0 Å². The van der Waals surface area contributed by atoms with Crippen molar-refractivity contribution in [3.63, 3.8) is 0 Å². The first kappa shape index (κ1) is 15.0. The number of aromatic nitrogens is 2. The van der Waals surface area contributed by atoms with E-state index >= 15 is 0 Å². The average molecular weight is 316 g/mol. The molecule has 0 aliphatic carbocycles. The first-order valence-corrected chi connectivity index (χ1v) is 7.82. The van der Waals surface area contributed by atoms with Crippen LogP contribution in [-0.4, -0.2) is 18.6 Å². The predicted octanol–water partition coefficient (Wildman–Crippen LogP) is 2.32. The van der Waals surface area contributed by atoms with Crippen LogP contribution in [0, 0.1) is 0 Å². The van der Waals surface area contributed by atoms with Crippen LogP contribution in [0.5, 0.6) is 0 Å². The molecule has 0 aliphatic heterocycles. The van der Waals surface area contributed by atoms with Crippen molar-refractivity contribution in [2.45, 2.75) is 31.2 Å². The average Bonchev–Trinajstić information content (AvgIpc) is 2.86. The van der Waals surface area contributed by atoms with Crippen LogP contribution in [0.2, 0.25) is 5.02 Å². The molecule has 0 bridgehead atoms. The fourth-order valence-corrected chi connectivity index (χ4v) is 2.53. The van der Waals surface area contributed by atoms with Crippen molar-refractivity contribution in [1.29, 1.82) is 0 Å². The predicted molar refractivity (Wildman–Crippen MR) is 73.9 cm³/mol. The zero-order valence-corrected chi connectivity index (χ0v) is 12.6. The van der Waals surface area contributed by atoms with E-state index in [1.165, 1.54) is 24.3 Å². The van der Waals surface area contributed by atoms with Gasteiger partial charge in [0.15, 0.2) is 0 Å². The Morgan fingerprint density at radius 2 is 1.90 bits per heavy atom. The number of sulfonamides is 1. The summed E-state index contributed by atoms with van der Waals surface area (Å²) in [5, 5.41) is 8.09. The largest absolute Gasteiger partial charge is 0.424 e. The van der Waals surface area contributed by atoms with Gasteiger partial charge in [0, 0.05) is 10.9 Å². The number of halogens is 1. The zero-order chi connectivity index (χ0) is 14.8. The van der Waals surface area contributed by atoms with E-state index in [-0.39, 0.29) is 23.2 Å². The van der Waals surface area contributed by atoms with E-state index in [0.717, 1.165) is 0 Å². The van der Waals surface area contributed by atoms with Crippen LogP contribution < -0.4 is 4.72 Å². The smallest absolute Gasteiger partial charge is 0.241 e. The molecule has 0 saturated heterocycles. The molecule has 0 atom stereocenters. The molecule has 0 fully saturated rings. The van der Waals surface area contributed by atoms with Crippen molar-refractivity contribution in [3.05, 3.63) is 41.1 Å². The number of rotatable bonds is 5. The van der Waals surface area contributed by atoms with Gasteiger partial charge >= 0.3 is 0 Å². The quantitative estimate of drug-likeness (QED) is 0.915. The Morgan fingerprint density at radius 1 is 1.25 bits per heavy atom. The monoisotopic (exact) mass is 315 g/mol. The summed E-state index contributed by atoms with van der Waals surface area (Å²) in [5.41, 5.74) is 0. The summed E-state index contributed by atoms with van der Waals surface area (Å²) >= 11 is 5.72. The summed E-state index contributed by atoms with van der Waals surface area (Å²) in [6, 6.07) is 5.88. The normalized spacial score (nSPS) is 12.0. The molecule has 108 valence electrons. The van der Waals surface area contributed by atoms with E-state index in [2.05, 4.69) is 14.9 Å². The standard InChI is InChI=1S/C12H14ClN3O3S/c1-8(2)12-16-15-11(19-12)7-14-20(17,18)10-5-3-9(13)4-6-10/h3-6,8,14H,7H2,1-2H3. The third-order valence-corrected chi connectivity index (χ3v) is 4.18. The lowest BCUT2D eigenvalue weighted by Crippen LogP contribution is -2.23. The molecular weight excluding hydrogens is 302 g/mol. The molecule has 0 aliphatic rings. The second-order valence-corrected chi connectivity index (χ2v) is 6.67. The maximum atomic E-state index is 12.0. The lowest BCUT2D eigenvalue weighted by molar-refractivity contribution is 0.427. The van der Waals surface area contributed by atoms with Gasteiger partial charge in [-0.1, -0.05) is 25.4 Å². The number of benzene rings is 1. The third-order valence-electron chi connectivity index (χ3n) is 2.51. The number of hydrogen-bond donors (Lipinski definition) is 1. The van der Waals surface area contributed by atoms with Crippen molar-refractivity contribution < 1.29 is 12.8 Å². The van der Waals surface area contributed by atoms with Gasteiger partial charge in [-0.25, -0.2) is 13.1 Å². The third kappa shape index (κ3) is 3.56. The molecule has 0 amide bonds. The molecule has 2 rings (SSSR count). The summed E-state index contributed by atoms with van der Waals surface area (Å²) in [6.45, 7) is 3.77. The molecule has 8 heteroatoms. The lowest BCUT2D eigenvalue weighted by atomic mass is 10.2. The minimum absolute atomic E-state index is 0.0509. The van der Waals surface area contributed by atoms with Gasteiger partial charge in [0.1, 0.15) is 0 Å². The molecule has 0 unspecified atom stereocenters. The Kier molecular flexibility index (Phi) is 4.42. The Morgan fingerprint density at radius 3 is 2.45 bits per heavy atom. The molecule has 6 nitrogen and oxygen atoms in total. The summed E-state index contributed by atoms with van der Waals surface area (Å²) in [7, 11) is -3.62. The number of nitrogens with one attached hydrogen (secondary N) is 1. The van der Waals surface area contributed by atoms with E-state index in [0.29, 0.717) is 10.9 Å². The van der Waals surface area contributed by atoms with Gasteiger partial charge in [-0.05, 0) is 24.3 Å². The fraction of sp³-hybridized carbons (Fsp3) is 0.333. The van der Waals surface area contributed by atoms with Gasteiger partial charge < -0.3 is 4.42 Å². The maximum Gasteiger partial charge on any atom is 0.241 e. The second kappa shape index (κ2) is 5.90. The van der Waals surface area contributed by atoms with E-state index in [1.54, 1.807) is 0 Å². The molecule has 1 N–H and O–H groups in total. The van der Waals surface area contributed by atoms with Gasteiger partial charge in [0.25, 0.3) is 0 Å². The van der Waals surface area contributed by atoms with Crippen LogP contribution in [0.3, 0.4) is 0 Å². The molecular formula is C12H14ClN3O3S. The molecule has 0 spiro atoms. The summed E-state index contributed by atoms with van der Waals surface area (Å²) in [4.78, 5) is 0.130. The Balaban J connectivity index is 2.07. The maximum absolute atomic E-state index is 12.0. The highest BCUT2D eigenvalue weighted by molar-refractivity contribution is 7.89. The van der Waals surface area contributed by atoms with Gasteiger partial charge in [0.2, 0.25) is 21.8 Å². The van der Waals surface area contributed by atoms with E-state index < -0.39 is 10.0 Å². The highest BCUT2D eigenvalue weighted by Gasteiger charge is 2.16. The van der Waals surface area contributed by atoms with Crippen LogP contribution in [0.15, 0.2) is 33.6 Å². The van der Waals surface area contributed by atoms with Crippen LogP contribution in [-0.2, 0) is 16.6 Å². The van der Waals surface area contributed by atoms with Crippen molar-refractivity contribution in [1.82, 2.24) is 14.9 Å². The molecule has 1 heterocycles. The second-order valence-electron chi connectivity index (χ2n) is 4.47. The molecule has 1 aromatic carbocycles. The first-order chi connectivity index (χ1) is 9.38. The van der Waals surface area contributed by atoms with Crippen molar-refractivity contribution in [2.75, 3.05) is 0 Å². The van der Waals surface area contributed by atoms with Gasteiger partial charge in [0.05, 0.1) is 11.4 Å². The Hall–Kier alpha value is -1.44. The molecule has 0 saturated carbocycles. The first-order valence-electron chi connectivity index (χ1n) is 5.96. The molecule has 2 aromatic rings. The number of nitrogens with zero attached hydrogens (tertiary/aromatic N) is 2. The van der Waals surface area contributed by atoms with E-state index in [4.69, 9.17) is 16.0 Å². The Bertz CT molecular complexity index is 680. The van der Waals surface area contributed by atoms with E-state index in [9.17, 15) is 8.42 Å². The minimum Gasteiger partial charge on any atom is -0.424 e. The SMILES string of the molecule is CC(C)c1nnc(CNS(=O)(=O)c2ccc(Cl)cc2)o1. The summed E-state index contributed by atoms with van der Waals surface area (Å²) in [5.74, 6) is 0.807. The topological polar surface area (TPSA) is 85.1 Å². The van der Waals surface area contributed by atoms with Gasteiger partial charge in [-0.15, -0.1) is 10.2 Å². The van der Waals surface area contributed by atoms with Crippen molar-refractivity contribution in [2.24, 2.45) is 0 Å². The highest BCUT2D eigenvalue weighted by Crippen LogP contribution is 2.15. The fourth-order valence-electron chi connectivity index (χ4n) is 1.43. The molecule has 0 radical (unpaired) electrons. The van der Waals surface area contributed by atoms with Gasteiger partial charge in [-0.3, -0.25) is 0 Å². The molecule has 20 heavy (non-hydrogen) atoms. The van der Waals surface area contributed by atoms with Crippen LogP contribution >= 0.6 is 11.6 Å².